The Morgan fingerprint density at radius 1 is 1.50 bits per heavy atom. The molecule has 0 spiro atoms. The topological polar surface area (TPSA) is 84.2 Å². The normalized spacial score (nSPS) is 23.3. The van der Waals surface area contributed by atoms with Crippen LogP contribution in [0.25, 0.3) is 0 Å². The van der Waals surface area contributed by atoms with Gasteiger partial charge in [-0.2, -0.15) is 0 Å². The van der Waals surface area contributed by atoms with Crippen LogP contribution in [-0.4, -0.2) is 32.4 Å². The van der Waals surface area contributed by atoms with Crippen molar-refractivity contribution in [2.45, 2.75) is 63.7 Å². The Kier molecular flexibility index (Phi) is 5.99. The lowest BCUT2D eigenvalue weighted by Crippen LogP contribution is -2.43. The molecular formula is C15H25N3O3S. The quantitative estimate of drug-likeness (QED) is 0.870. The molecule has 7 heteroatoms. The van der Waals surface area contributed by atoms with E-state index >= 15 is 0 Å². The molecule has 1 fully saturated rings. The minimum Gasteiger partial charge on any atom is -0.359 e. The predicted octanol–water partition coefficient (Wildman–Crippen LogP) is 3.00. The van der Waals surface area contributed by atoms with Crippen LogP contribution in [0, 0.1) is 0 Å². The average molecular weight is 327 g/mol. The highest BCUT2D eigenvalue weighted by atomic mass is 32.2. The SMILES string of the molecule is CC[S@](=O)[C@@H]1CCC[C@@H](NC(=O)Nc2cc(C(C)C)on2)C1. The molecule has 0 saturated heterocycles. The van der Waals surface area contributed by atoms with Crippen LogP contribution in [0.3, 0.4) is 0 Å². The van der Waals surface area contributed by atoms with Crippen LogP contribution in [0.1, 0.15) is 58.1 Å². The molecule has 0 bridgehead atoms. The van der Waals surface area contributed by atoms with Gasteiger partial charge in [0.05, 0.1) is 0 Å². The summed E-state index contributed by atoms with van der Waals surface area (Å²) in [5, 5.41) is 9.67. The number of nitrogens with zero attached hydrogens (tertiary/aromatic N) is 1. The average Bonchev–Trinajstić information content (AvgIpc) is 2.95. The molecule has 124 valence electrons. The number of rotatable bonds is 5. The first-order valence-electron chi connectivity index (χ1n) is 7.90. The van der Waals surface area contributed by atoms with E-state index in [4.69, 9.17) is 4.52 Å². The zero-order valence-corrected chi connectivity index (χ0v) is 14.2. The summed E-state index contributed by atoms with van der Waals surface area (Å²) in [6.45, 7) is 5.94. The third kappa shape index (κ3) is 4.56. The van der Waals surface area contributed by atoms with Gasteiger partial charge in [0.1, 0.15) is 5.76 Å². The first-order valence-corrected chi connectivity index (χ1v) is 9.29. The lowest BCUT2D eigenvalue weighted by atomic mass is 9.95. The molecule has 6 nitrogen and oxygen atoms in total. The van der Waals surface area contributed by atoms with Crippen molar-refractivity contribution in [1.82, 2.24) is 10.5 Å². The fraction of sp³-hybridized carbons (Fsp3) is 0.733. The van der Waals surface area contributed by atoms with E-state index in [1.54, 1.807) is 6.07 Å². The molecule has 1 aliphatic carbocycles. The number of hydrogen-bond donors (Lipinski definition) is 2. The van der Waals surface area contributed by atoms with Gasteiger partial charge in [-0.15, -0.1) is 0 Å². The summed E-state index contributed by atoms with van der Waals surface area (Å²) in [6.07, 6.45) is 3.70. The van der Waals surface area contributed by atoms with Crippen molar-refractivity contribution in [3.8, 4) is 0 Å². The Hall–Kier alpha value is -1.37. The van der Waals surface area contributed by atoms with Gasteiger partial charge in [-0.1, -0.05) is 32.3 Å². The molecule has 22 heavy (non-hydrogen) atoms. The molecule has 1 aromatic rings. The van der Waals surface area contributed by atoms with Gasteiger partial charge in [-0.3, -0.25) is 9.53 Å². The second-order valence-corrected chi connectivity index (χ2v) is 8.03. The van der Waals surface area contributed by atoms with E-state index in [2.05, 4.69) is 15.8 Å². The summed E-state index contributed by atoms with van der Waals surface area (Å²) in [7, 11) is -0.788. The third-order valence-corrected chi connectivity index (χ3v) is 5.70. The Bertz CT molecular complexity index is 530. The predicted molar refractivity (Wildman–Crippen MR) is 87.5 cm³/mol. The number of urea groups is 1. The summed E-state index contributed by atoms with van der Waals surface area (Å²) in [6, 6.07) is 1.53. The van der Waals surface area contributed by atoms with Gasteiger partial charge in [0, 0.05) is 39.8 Å². The molecule has 0 aromatic carbocycles. The smallest absolute Gasteiger partial charge is 0.320 e. The standard InChI is InChI=1S/C15H25N3O3S/c1-4-22(20)12-7-5-6-11(8-12)16-15(19)17-14-9-13(10(2)3)21-18-14/h9-12H,4-8H2,1-3H3,(H2,16,17,18,19)/t11-,12-,22+/m1/s1. The fourth-order valence-corrected chi connectivity index (χ4v) is 4.06. The first-order chi connectivity index (χ1) is 10.5. The van der Waals surface area contributed by atoms with E-state index in [-0.39, 0.29) is 23.2 Å². The van der Waals surface area contributed by atoms with Gasteiger partial charge in [-0.05, 0) is 19.3 Å². The Morgan fingerprint density at radius 3 is 2.91 bits per heavy atom. The Balaban J connectivity index is 1.84. The van der Waals surface area contributed by atoms with Crippen molar-refractivity contribution < 1.29 is 13.5 Å². The van der Waals surface area contributed by atoms with E-state index < -0.39 is 10.8 Å². The van der Waals surface area contributed by atoms with Gasteiger partial charge < -0.3 is 9.84 Å². The molecule has 3 atom stereocenters. The van der Waals surface area contributed by atoms with Crippen LogP contribution in [0.5, 0.6) is 0 Å². The van der Waals surface area contributed by atoms with E-state index in [0.29, 0.717) is 11.6 Å². The number of aromatic nitrogens is 1. The molecule has 1 saturated carbocycles. The van der Waals surface area contributed by atoms with Crippen LogP contribution < -0.4 is 10.6 Å². The summed E-state index contributed by atoms with van der Waals surface area (Å²) in [5.74, 6) is 2.08. The maximum absolute atomic E-state index is 12.0. The number of anilines is 1. The van der Waals surface area contributed by atoms with E-state index in [9.17, 15) is 9.00 Å². The molecule has 0 aliphatic heterocycles. The van der Waals surface area contributed by atoms with Gasteiger partial charge in [0.2, 0.25) is 0 Å². The highest BCUT2D eigenvalue weighted by molar-refractivity contribution is 7.85. The van der Waals surface area contributed by atoms with E-state index in [0.717, 1.165) is 31.4 Å². The van der Waals surface area contributed by atoms with Crippen molar-refractivity contribution in [2.24, 2.45) is 0 Å². The molecule has 1 aliphatic rings. The summed E-state index contributed by atoms with van der Waals surface area (Å²) in [5.41, 5.74) is 0. The number of hydrogen-bond acceptors (Lipinski definition) is 4. The van der Waals surface area contributed by atoms with E-state index in [1.807, 2.05) is 20.8 Å². The zero-order valence-electron chi connectivity index (χ0n) is 13.4. The van der Waals surface area contributed by atoms with E-state index in [1.165, 1.54) is 0 Å². The monoisotopic (exact) mass is 327 g/mol. The van der Waals surface area contributed by atoms with Gasteiger partial charge >= 0.3 is 6.03 Å². The van der Waals surface area contributed by atoms with Crippen molar-refractivity contribution in [2.75, 3.05) is 11.1 Å². The van der Waals surface area contributed by atoms with Crippen LogP contribution in [0.2, 0.25) is 0 Å². The minimum atomic E-state index is -0.788. The second-order valence-electron chi connectivity index (χ2n) is 6.02. The Labute approximate surface area is 133 Å². The summed E-state index contributed by atoms with van der Waals surface area (Å²) < 4.78 is 17.1. The minimum absolute atomic E-state index is 0.0747. The van der Waals surface area contributed by atoms with Crippen molar-refractivity contribution >= 4 is 22.6 Å². The molecule has 0 unspecified atom stereocenters. The maximum atomic E-state index is 12.0. The second kappa shape index (κ2) is 7.76. The molecule has 2 N–H and O–H groups in total. The lowest BCUT2D eigenvalue weighted by molar-refractivity contribution is 0.244. The fourth-order valence-electron chi connectivity index (χ4n) is 2.71. The lowest BCUT2D eigenvalue weighted by Gasteiger charge is -2.28. The van der Waals surface area contributed by atoms with Crippen LogP contribution >= 0.6 is 0 Å². The largest absolute Gasteiger partial charge is 0.359 e. The van der Waals surface area contributed by atoms with Crippen LogP contribution in [0.15, 0.2) is 10.6 Å². The van der Waals surface area contributed by atoms with Gasteiger partial charge in [0.25, 0.3) is 0 Å². The van der Waals surface area contributed by atoms with Gasteiger partial charge in [-0.25, -0.2) is 4.79 Å². The van der Waals surface area contributed by atoms with Crippen molar-refractivity contribution in [3.63, 3.8) is 0 Å². The maximum Gasteiger partial charge on any atom is 0.320 e. The number of nitrogens with one attached hydrogen (secondary N) is 2. The molecular weight excluding hydrogens is 302 g/mol. The first kappa shape index (κ1) is 17.0. The molecule has 1 aromatic heterocycles. The molecule has 2 rings (SSSR count). The highest BCUT2D eigenvalue weighted by Crippen LogP contribution is 2.23. The van der Waals surface area contributed by atoms with Crippen molar-refractivity contribution in [3.05, 3.63) is 11.8 Å². The zero-order chi connectivity index (χ0) is 16.1. The number of carbonyl (C=O) groups excluding carboxylic acids is 1. The molecule has 0 radical (unpaired) electrons. The van der Waals surface area contributed by atoms with Crippen molar-refractivity contribution in [1.29, 1.82) is 0 Å². The third-order valence-electron chi connectivity index (χ3n) is 3.96. The van der Waals surface area contributed by atoms with Gasteiger partial charge in [0.15, 0.2) is 5.82 Å². The summed E-state index contributed by atoms with van der Waals surface area (Å²) >= 11 is 0. The van der Waals surface area contributed by atoms with Crippen LogP contribution in [0.4, 0.5) is 10.6 Å². The number of carbonyl (C=O) groups is 1. The number of amides is 2. The van der Waals surface area contributed by atoms with Crippen LogP contribution in [-0.2, 0) is 10.8 Å². The molecule has 2 amide bonds. The molecule has 1 heterocycles. The Morgan fingerprint density at radius 2 is 2.27 bits per heavy atom. The summed E-state index contributed by atoms with van der Waals surface area (Å²) in [4.78, 5) is 12.0. The highest BCUT2D eigenvalue weighted by Gasteiger charge is 2.26.